The van der Waals surface area contributed by atoms with Crippen LogP contribution in [-0.4, -0.2) is 46.1 Å². The maximum atomic E-state index is 12.8. The number of rotatable bonds is 6. The van der Waals surface area contributed by atoms with E-state index in [1.54, 1.807) is 17.7 Å². The SMILES string of the molecule is N[C@@H](Cc1cn(Cc2ccccc2)cn1)C(=O)N1CCOC(c2ccsc2)C1. The van der Waals surface area contributed by atoms with E-state index >= 15 is 0 Å². The minimum atomic E-state index is -0.596. The lowest BCUT2D eigenvalue weighted by molar-refractivity contribution is -0.140. The number of ether oxygens (including phenoxy) is 1. The minimum Gasteiger partial charge on any atom is -0.370 e. The molecule has 2 atom stereocenters. The molecule has 2 N–H and O–H groups in total. The molecule has 4 rings (SSSR count). The number of benzene rings is 1. The van der Waals surface area contributed by atoms with Gasteiger partial charge >= 0.3 is 0 Å². The lowest BCUT2D eigenvalue weighted by Gasteiger charge is -2.34. The molecule has 3 aromatic rings. The lowest BCUT2D eigenvalue weighted by Crippen LogP contribution is -2.50. The summed E-state index contributed by atoms with van der Waals surface area (Å²) in [7, 11) is 0. The fourth-order valence-electron chi connectivity index (χ4n) is 3.45. The molecule has 1 amide bonds. The van der Waals surface area contributed by atoms with Crippen LogP contribution in [0.1, 0.15) is 22.9 Å². The zero-order chi connectivity index (χ0) is 19.3. The average molecular weight is 397 g/mol. The first-order valence-corrected chi connectivity index (χ1v) is 10.4. The third kappa shape index (κ3) is 4.49. The fourth-order valence-corrected chi connectivity index (χ4v) is 4.15. The van der Waals surface area contributed by atoms with Crippen LogP contribution in [0.25, 0.3) is 0 Å². The third-order valence-corrected chi connectivity index (χ3v) is 5.64. The van der Waals surface area contributed by atoms with Gasteiger partial charge in [-0.2, -0.15) is 11.3 Å². The third-order valence-electron chi connectivity index (χ3n) is 4.93. The molecule has 0 spiro atoms. The van der Waals surface area contributed by atoms with Gasteiger partial charge in [-0.25, -0.2) is 4.98 Å². The van der Waals surface area contributed by atoms with Crippen LogP contribution in [0.2, 0.25) is 0 Å². The highest BCUT2D eigenvalue weighted by molar-refractivity contribution is 7.07. The Balaban J connectivity index is 1.34. The summed E-state index contributed by atoms with van der Waals surface area (Å²) < 4.78 is 7.83. The number of morpholine rings is 1. The van der Waals surface area contributed by atoms with E-state index in [9.17, 15) is 4.79 Å². The van der Waals surface area contributed by atoms with Crippen molar-refractivity contribution in [1.82, 2.24) is 14.5 Å². The van der Waals surface area contributed by atoms with E-state index in [0.29, 0.717) is 26.1 Å². The number of carbonyl (C=O) groups excluding carboxylic acids is 1. The van der Waals surface area contributed by atoms with Crippen molar-refractivity contribution in [2.45, 2.75) is 25.1 Å². The maximum absolute atomic E-state index is 12.8. The van der Waals surface area contributed by atoms with E-state index in [-0.39, 0.29) is 12.0 Å². The highest BCUT2D eigenvalue weighted by Gasteiger charge is 2.29. The number of hydrogen-bond donors (Lipinski definition) is 1. The van der Waals surface area contributed by atoms with E-state index < -0.39 is 6.04 Å². The Kier molecular flexibility index (Phi) is 5.85. The average Bonchev–Trinajstić information content (AvgIpc) is 3.41. The number of thiophene rings is 1. The van der Waals surface area contributed by atoms with Gasteiger partial charge in [0.1, 0.15) is 6.10 Å². The molecule has 28 heavy (non-hydrogen) atoms. The van der Waals surface area contributed by atoms with Gasteiger partial charge in [0.05, 0.1) is 31.2 Å². The van der Waals surface area contributed by atoms with E-state index in [0.717, 1.165) is 17.8 Å². The van der Waals surface area contributed by atoms with Gasteiger partial charge in [-0.1, -0.05) is 30.3 Å². The quantitative estimate of drug-likeness (QED) is 0.695. The van der Waals surface area contributed by atoms with E-state index in [4.69, 9.17) is 10.5 Å². The Bertz CT molecular complexity index is 894. The van der Waals surface area contributed by atoms with E-state index in [1.807, 2.05) is 45.3 Å². The van der Waals surface area contributed by atoms with E-state index in [1.165, 1.54) is 5.56 Å². The molecule has 1 unspecified atom stereocenters. The molecular weight excluding hydrogens is 372 g/mol. The highest BCUT2D eigenvalue weighted by atomic mass is 32.1. The summed E-state index contributed by atoms with van der Waals surface area (Å²) in [5.74, 6) is -0.0406. The van der Waals surface area contributed by atoms with Crippen LogP contribution in [0.3, 0.4) is 0 Å². The van der Waals surface area contributed by atoms with Crippen LogP contribution in [-0.2, 0) is 22.5 Å². The molecule has 146 valence electrons. The molecule has 1 saturated heterocycles. The van der Waals surface area contributed by atoms with Crippen molar-refractivity contribution in [2.24, 2.45) is 5.73 Å². The first kappa shape index (κ1) is 18.9. The molecule has 0 aliphatic carbocycles. The van der Waals surface area contributed by atoms with Crippen LogP contribution >= 0.6 is 11.3 Å². The van der Waals surface area contributed by atoms with Gasteiger partial charge in [-0.3, -0.25) is 4.79 Å². The Morgan fingerprint density at radius 1 is 1.32 bits per heavy atom. The molecule has 0 saturated carbocycles. The van der Waals surface area contributed by atoms with Crippen molar-refractivity contribution < 1.29 is 9.53 Å². The van der Waals surface area contributed by atoms with Crippen molar-refractivity contribution >= 4 is 17.2 Å². The first-order chi connectivity index (χ1) is 13.7. The molecule has 1 aromatic carbocycles. The highest BCUT2D eigenvalue weighted by Crippen LogP contribution is 2.24. The number of carbonyl (C=O) groups is 1. The van der Waals surface area contributed by atoms with Gasteiger partial charge < -0.3 is 19.9 Å². The van der Waals surface area contributed by atoms with Crippen molar-refractivity contribution in [3.05, 3.63) is 76.5 Å². The number of amides is 1. The summed E-state index contributed by atoms with van der Waals surface area (Å²) in [4.78, 5) is 19.1. The lowest BCUT2D eigenvalue weighted by atomic mass is 10.1. The summed E-state index contributed by atoms with van der Waals surface area (Å²) in [6, 6.07) is 11.7. The molecule has 7 heteroatoms. The minimum absolute atomic E-state index is 0.0406. The maximum Gasteiger partial charge on any atom is 0.240 e. The Morgan fingerprint density at radius 3 is 2.96 bits per heavy atom. The summed E-state index contributed by atoms with van der Waals surface area (Å²) >= 11 is 1.63. The molecule has 0 radical (unpaired) electrons. The molecule has 1 aliphatic heterocycles. The molecule has 2 aromatic heterocycles. The number of imidazole rings is 1. The topological polar surface area (TPSA) is 73.4 Å². The second kappa shape index (κ2) is 8.68. The van der Waals surface area contributed by atoms with Crippen molar-refractivity contribution in [1.29, 1.82) is 0 Å². The van der Waals surface area contributed by atoms with Gasteiger partial charge in [0, 0.05) is 25.7 Å². The van der Waals surface area contributed by atoms with Crippen LogP contribution in [0.4, 0.5) is 0 Å². The number of nitrogens with zero attached hydrogens (tertiary/aromatic N) is 3. The second-order valence-electron chi connectivity index (χ2n) is 7.03. The summed E-state index contributed by atoms with van der Waals surface area (Å²) in [6.07, 6.45) is 4.12. The summed E-state index contributed by atoms with van der Waals surface area (Å²) in [6.45, 7) is 2.41. The fraction of sp³-hybridized carbons (Fsp3) is 0.333. The number of nitrogens with two attached hydrogens (primary N) is 1. The summed E-state index contributed by atoms with van der Waals surface area (Å²) in [5, 5.41) is 4.09. The molecule has 0 bridgehead atoms. The molecule has 3 heterocycles. The van der Waals surface area contributed by atoms with Gasteiger partial charge in [0.15, 0.2) is 0 Å². The molecule has 1 fully saturated rings. The van der Waals surface area contributed by atoms with Crippen LogP contribution < -0.4 is 5.73 Å². The zero-order valence-electron chi connectivity index (χ0n) is 15.6. The van der Waals surface area contributed by atoms with Crippen molar-refractivity contribution in [3.63, 3.8) is 0 Å². The second-order valence-corrected chi connectivity index (χ2v) is 7.81. The van der Waals surface area contributed by atoms with Gasteiger partial charge in [0.25, 0.3) is 0 Å². The predicted molar refractivity (Wildman–Crippen MR) is 109 cm³/mol. The Morgan fingerprint density at radius 2 is 2.18 bits per heavy atom. The Hall–Kier alpha value is -2.48. The number of hydrogen-bond acceptors (Lipinski definition) is 5. The molecular formula is C21H24N4O2S. The van der Waals surface area contributed by atoms with Crippen molar-refractivity contribution in [2.75, 3.05) is 19.7 Å². The van der Waals surface area contributed by atoms with Gasteiger partial charge in [-0.15, -0.1) is 0 Å². The van der Waals surface area contributed by atoms with E-state index in [2.05, 4.69) is 22.5 Å². The van der Waals surface area contributed by atoms with Gasteiger partial charge in [-0.05, 0) is 28.0 Å². The van der Waals surface area contributed by atoms with Crippen LogP contribution in [0.5, 0.6) is 0 Å². The summed E-state index contributed by atoms with van der Waals surface area (Å²) in [5.41, 5.74) is 9.39. The molecule has 1 aliphatic rings. The smallest absolute Gasteiger partial charge is 0.240 e. The van der Waals surface area contributed by atoms with Gasteiger partial charge in [0.2, 0.25) is 5.91 Å². The Labute approximate surface area is 168 Å². The zero-order valence-corrected chi connectivity index (χ0v) is 16.4. The standard InChI is InChI=1S/C21H24N4O2S/c22-19(10-18-12-24(15-23-18)11-16-4-2-1-3-5-16)21(26)25-7-8-27-20(13-25)17-6-9-28-14-17/h1-6,9,12,14-15,19-20H,7-8,10-11,13,22H2/t19-,20?/m0/s1. The monoisotopic (exact) mass is 396 g/mol. The van der Waals surface area contributed by atoms with Crippen molar-refractivity contribution in [3.8, 4) is 0 Å². The van der Waals surface area contributed by atoms with Crippen LogP contribution in [0, 0.1) is 0 Å². The normalized spacial score (nSPS) is 18.2. The number of aromatic nitrogens is 2. The van der Waals surface area contributed by atoms with Crippen LogP contribution in [0.15, 0.2) is 59.7 Å². The largest absolute Gasteiger partial charge is 0.370 e. The molecule has 6 nitrogen and oxygen atoms in total. The predicted octanol–water partition coefficient (Wildman–Crippen LogP) is 2.46. The first-order valence-electron chi connectivity index (χ1n) is 9.41.